The molecule has 2 aromatic carbocycles. The van der Waals surface area contributed by atoms with Crippen LogP contribution in [-0.4, -0.2) is 70.0 Å². The number of carboxylic acid groups (broad SMARTS) is 1. The number of aromatic carboxylic acids is 1. The number of anilines is 2. The molecular formula is C30H31F3N6O3. The number of likely N-dealkylation sites (N-methyl/N-ethyl adjacent to an activating group) is 1. The fourth-order valence-corrected chi connectivity index (χ4v) is 4.93. The van der Waals surface area contributed by atoms with Gasteiger partial charge in [0.25, 0.3) is 5.91 Å². The molecule has 0 bridgehead atoms. The van der Waals surface area contributed by atoms with E-state index in [2.05, 4.69) is 25.5 Å². The number of hydrogen-bond acceptors (Lipinski definition) is 6. The lowest BCUT2D eigenvalue weighted by Crippen LogP contribution is -2.44. The molecule has 42 heavy (non-hydrogen) atoms. The second-order valence-electron chi connectivity index (χ2n) is 10.5. The number of nitrogens with zero attached hydrogens (tertiary/aromatic N) is 3. The molecule has 2 aromatic heterocycles. The number of piperazine rings is 1. The van der Waals surface area contributed by atoms with Crippen LogP contribution < -0.4 is 10.6 Å². The Morgan fingerprint density at radius 1 is 1.00 bits per heavy atom. The zero-order chi connectivity index (χ0) is 30.0. The van der Waals surface area contributed by atoms with Gasteiger partial charge in [0, 0.05) is 55.9 Å². The van der Waals surface area contributed by atoms with Crippen molar-refractivity contribution in [3.05, 3.63) is 88.2 Å². The standard InChI is InChI=1S/C30H31F3N6O3/c1-18-3-6-23(12-22(18)15-34-24-11-21-14-26(29(41)42)37-27(21)35-16-24)36-28(40)19-4-5-20(25(13-19)30(31,32)33)17-39-9-7-38(2)8-10-39/h3-6,11-14,16,34H,7-10,15,17H2,1-2H3,(H,35,37)(H,36,40)(H,41,42). The largest absolute Gasteiger partial charge is 0.477 e. The maximum absolute atomic E-state index is 14.0. The molecule has 4 N–H and O–H groups in total. The van der Waals surface area contributed by atoms with Gasteiger partial charge in [-0.05, 0) is 67.1 Å². The maximum Gasteiger partial charge on any atom is 0.416 e. The molecule has 0 radical (unpaired) electrons. The van der Waals surface area contributed by atoms with Crippen molar-refractivity contribution in [2.24, 2.45) is 0 Å². The first kappa shape index (κ1) is 29.1. The number of fused-ring (bicyclic) bond motifs is 1. The van der Waals surface area contributed by atoms with Crippen LogP contribution in [0.2, 0.25) is 0 Å². The van der Waals surface area contributed by atoms with Crippen molar-refractivity contribution in [2.45, 2.75) is 26.2 Å². The highest BCUT2D eigenvalue weighted by molar-refractivity contribution is 6.04. The normalized spacial score (nSPS) is 14.7. The van der Waals surface area contributed by atoms with Crippen LogP contribution in [0.3, 0.4) is 0 Å². The average molecular weight is 581 g/mol. The second-order valence-corrected chi connectivity index (χ2v) is 10.5. The summed E-state index contributed by atoms with van der Waals surface area (Å²) in [5.41, 5.74) is 2.69. The van der Waals surface area contributed by atoms with Gasteiger partial charge in [-0.25, -0.2) is 9.78 Å². The van der Waals surface area contributed by atoms with E-state index in [0.717, 1.165) is 30.3 Å². The van der Waals surface area contributed by atoms with Gasteiger partial charge in [-0.1, -0.05) is 12.1 Å². The number of hydrogen-bond donors (Lipinski definition) is 4. The zero-order valence-electron chi connectivity index (χ0n) is 23.2. The molecule has 220 valence electrons. The number of carbonyl (C=O) groups is 2. The monoisotopic (exact) mass is 580 g/mol. The number of carboxylic acids is 1. The van der Waals surface area contributed by atoms with Crippen molar-refractivity contribution in [3.63, 3.8) is 0 Å². The summed E-state index contributed by atoms with van der Waals surface area (Å²) in [4.78, 5) is 35.3. The zero-order valence-corrected chi connectivity index (χ0v) is 23.2. The predicted molar refractivity (Wildman–Crippen MR) is 154 cm³/mol. The summed E-state index contributed by atoms with van der Waals surface area (Å²) >= 11 is 0. The third kappa shape index (κ3) is 6.72. The van der Waals surface area contributed by atoms with Gasteiger partial charge >= 0.3 is 12.1 Å². The minimum atomic E-state index is -4.59. The molecule has 1 fully saturated rings. The Kier molecular flexibility index (Phi) is 8.19. The van der Waals surface area contributed by atoms with Crippen molar-refractivity contribution < 1.29 is 27.9 Å². The second kappa shape index (κ2) is 11.8. The van der Waals surface area contributed by atoms with E-state index in [1.54, 1.807) is 24.4 Å². The van der Waals surface area contributed by atoms with Gasteiger partial charge in [0.1, 0.15) is 11.3 Å². The van der Waals surface area contributed by atoms with E-state index in [4.69, 9.17) is 0 Å². The van der Waals surface area contributed by atoms with Crippen LogP contribution in [0, 0.1) is 6.92 Å². The van der Waals surface area contributed by atoms with Gasteiger partial charge in [-0.15, -0.1) is 0 Å². The fraction of sp³-hybridized carbons (Fsp3) is 0.300. The third-order valence-electron chi connectivity index (χ3n) is 7.46. The van der Waals surface area contributed by atoms with E-state index in [0.29, 0.717) is 42.0 Å². The quantitative estimate of drug-likeness (QED) is 0.227. The van der Waals surface area contributed by atoms with Gasteiger partial charge < -0.3 is 25.6 Å². The van der Waals surface area contributed by atoms with E-state index in [1.165, 1.54) is 18.2 Å². The Bertz CT molecular complexity index is 1630. The van der Waals surface area contributed by atoms with Gasteiger partial charge in [-0.3, -0.25) is 9.69 Å². The molecule has 0 aliphatic carbocycles. The van der Waals surface area contributed by atoms with Crippen LogP contribution >= 0.6 is 0 Å². The molecule has 0 spiro atoms. The van der Waals surface area contributed by atoms with E-state index < -0.39 is 23.6 Å². The van der Waals surface area contributed by atoms with Crippen LogP contribution in [0.25, 0.3) is 11.0 Å². The molecular weight excluding hydrogens is 549 g/mol. The number of amides is 1. The number of alkyl halides is 3. The van der Waals surface area contributed by atoms with E-state index in [-0.39, 0.29) is 23.4 Å². The SMILES string of the molecule is Cc1ccc(NC(=O)c2ccc(CN3CCN(C)CC3)c(C(F)(F)F)c2)cc1CNc1cnc2[nH]c(C(=O)O)cc2c1. The van der Waals surface area contributed by atoms with Crippen LogP contribution in [0.4, 0.5) is 24.5 Å². The first-order valence-electron chi connectivity index (χ1n) is 13.4. The Labute approximate surface area is 240 Å². The van der Waals surface area contributed by atoms with Crippen LogP contribution in [0.5, 0.6) is 0 Å². The van der Waals surface area contributed by atoms with E-state index in [1.807, 2.05) is 24.9 Å². The van der Waals surface area contributed by atoms with Crippen LogP contribution in [-0.2, 0) is 19.3 Å². The minimum Gasteiger partial charge on any atom is -0.477 e. The smallest absolute Gasteiger partial charge is 0.416 e. The highest BCUT2D eigenvalue weighted by atomic mass is 19.4. The predicted octanol–water partition coefficient (Wildman–Crippen LogP) is 5.20. The molecule has 5 rings (SSSR count). The van der Waals surface area contributed by atoms with Crippen molar-refractivity contribution in [3.8, 4) is 0 Å². The maximum atomic E-state index is 14.0. The summed E-state index contributed by atoms with van der Waals surface area (Å²) in [6.07, 6.45) is -3.01. The summed E-state index contributed by atoms with van der Waals surface area (Å²) in [5.74, 6) is -1.71. The number of pyridine rings is 1. The summed E-state index contributed by atoms with van der Waals surface area (Å²) in [6.45, 7) is 5.41. The number of benzene rings is 2. The van der Waals surface area contributed by atoms with Crippen molar-refractivity contribution in [2.75, 3.05) is 43.9 Å². The number of aryl methyl sites for hydroxylation is 1. The number of carbonyl (C=O) groups excluding carboxylic acids is 1. The number of H-pyrrole nitrogens is 1. The number of halogens is 3. The number of aromatic amines is 1. The first-order valence-corrected chi connectivity index (χ1v) is 13.4. The highest BCUT2D eigenvalue weighted by Crippen LogP contribution is 2.34. The molecule has 1 amide bonds. The van der Waals surface area contributed by atoms with Gasteiger partial charge in [0.2, 0.25) is 0 Å². The Morgan fingerprint density at radius 2 is 1.76 bits per heavy atom. The minimum absolute atomic E-state index is 0.0426. The number of rotatable bonds is 8. The molecule has 1 aliphatic heterocycles. The summed E-state index contributed by atoms with van der Waals surface area (Å²) in [5, 5.41) is 15.8. The molecule has 9 nitrogen and oxygen atoms in total. The Hall–Kier alpha value is -4.42. The van der Waals surface area contributed by atoms with Crippen molar-refractivity contribution in [1.29, 1.82) is 0 Å². The van der Waals surface area contributed by atoms with E-state index >= 15 is 0 Å². The van der Waals surface area contributed by atoms with Gasteiger partial charge in [-0.2, -0.15) is 13.2 Å². The van der Waals surface area contributed by atoms with Gasteiger partial charge in [0.15, 0.2) is 0 Å². The Balaban J connectivity index is 1.28. The Morgan fingerprint density at radius 3 is 2.48 bits per heavy atom. The molecule has 4 aromatic rings. The number of aromatic nitrogens is 2. The molecule has 3 heterocycles. The van der Waals surface area contributed by atoms with Crippen molar-refractivity contribution >= 4 is 34.3 Å². The fourth-order valence-electron chi connectivity index (χ4n) is 4.93. The van der Waals surface area contributed by atoms with Crippen LogP contribution in [0.1, 0.15) is 43.1 Å². The van der Waals surface area contributed by atoms with Gasteiger partial charge in [0.05, 0.1) is 17.4 Å². The summed E-state index contributed by atoms with van der Waals surface area (Å²) in [7, 11) is 1.99. The van der Waals surface area contributed by atoms with Crippen LogP contribution in [0.15, 0.2) is 54.7 Å². The third-order valence-corrected chi connectivity index (χ3v) is 7.46. The topological polar surface area (TPSA) is 114 Å². The molecule has 1 aliphatic rings. The molecule has 0 saturated carbocycles. The molecule has 0 atom stereocenters. The lowest BCUT2D eigenvalue weighted by molar-refractivity contribution is -0.138. The highest BCUT2D eigenvalue weighted by Gasteiger charge is 2.34. The lowest BCUT2D eigenvalue weighted by Gasteiger charge is -2.33. The average Bonchev–Trinajstić information content (AvgIpc) is 3.38. The number of nitrogens with one attached hydrogen (secondary N) is 3. The molecule has 1 saturated heterocycles. The van der Waals surface area contributed by atoms with E-state index in [9.17, 15) is 27.9 Å². The summed E-state index contributed by atoms with van der Waals surface area (Å²) in [6, 6.07) is 12.3. The summed E-state index contributed by atoms with van der Waals surface area (Å²) < 4.78 is 41.9. The lowest BCUT2D eigenvalue weighted by atomic mass is 10.0. The molecule has 12 heteroatoms. The molecule has 0 unspecified atom stereocenters. The first-order chi connectivity index (χ1) is 20.0. The van der Waals surface area contributed by atoms with Crippen molar-refractivity contribution in [1.82, 2.24) is 19.8 Å².